The lowest BCUT2D eigenvalue weighted by atomic mass is 9.95. The summed E-state index contributed by atoms with van der Waals surface area (Å²) in [6.07, 6.45) is 0. The molecule has 1 aromatic carbocycles. The molecule has 0 saturated heterocycles. The molecule has 0 fully saturated rings. The van der Waals surface area contributed by atoms with E-state index in [1.54, 1.807) is 44.2 Å². The van der Waals surface area contributed by atoms with Crippen LogP contribution in [0.5, 0.6) is 0 Å². The summed E-state index contributed by atoms with van der Waals surface area (Å²) in [5, 5.41) is 9.84. The van der Waals surface area contributed by atoms with Crippen molar-refractivity contribution < 1.29 is 4.79 Å². The summed E-state index contributed by atoms with van der Waals surface area (Å²) >= 11 is 5.79. The van der Waals surface area contributed by atoms with Gasteiger partial charge in [0.05, 0.1) is 11.8 Å². The van der Waals surface area contributed by atoms with Crippen LogP contribution in [0.2, 0.25) is 5.02 Å². The number of rotatable bonds is 3. The lowest BCUT2D eigenvalue weighted by Gasteiger charge is -2.09. The third-order valence-corrected chi connectivity index (χ3v) is 3.05. The van der Waals surface area contributed by atoms with Crippen LogP contribution in [-0.4, -0.2) is 15.8 Å². The fraction of sp³-hybridized carbons (Fsp3) is 0.200. The molecule has 0 spiro atoms. The quantitative estimate of drug-likeness (QED) is 0.812. The molecular weight excluding hydrogens is 274 g/mol. The van der Waals surface area contributed by atoms with E-state index in [9.17, 15) is 10.1 Å². The molecule has 0 bridgehead atoms. The van der Waals surface area contributed by atoms with Crippen molar-refractivity contribution in [3.8, 4) is 6.07 Å². The Morgan fingerprint density at radius 2 is 1.90 bits per heavy atom. The number of Topliss-reactive ketones (excluding diaryl/α,β-unsaturated/α-hetero) is 1. The van der Waals surface area contributed by atoms with Gasteiger partial charge in [-0.15, -0.1) is 0 Å². The number of nitriles is 1. The molecule has 1 heterocycles. The fourth-order valence-corrected chi connectivity index (χ4v) is 2.06. The second-order valence-electron chi connectivity index (χ2n) is 4.41. The van der Waals surface area contributed by atoms with Crippen molar-refractivity contribution in [2.45, 2.75) is 19.8 Å². The van der Waals surface area contributed by atoms with Gasteiger partial charge in [-0.05, 0) is 44.2 Å². The molecule has 20 heavy (non-hydrogen) atoms. The molecule has 100 valence electrons. The van der Waals surface area contributed by atoms with Crippen molar-refractivity contribution in [2.75, 3.05) is 0 Å². The molecule has 4 nitrogen and oxygen atoms in total. The lowest BCUT2D eigenvalue weighted by Crippen LogP contribution is -2.14. The second kappa shape index (κ2) is 5.81. The number of hydrogen-bond donors (Lipinski definition) is 0. The molecule has 0 amide bonds. The van der Waals surface area contributed by atoms with Gasteiger partial charge in [-0.3, -0.25) is 4.79 Å². The number of carbonyl (C=O) groups excluding carboxylic acids is 1. The van der Waals surface area contributed by atoms with Crippen LogP contribution in [0, 0.1) is 25.2 Å². The highest BCUT2D eigenvalue weighted by molar-refractivity contribution is 6.30. The Kier molecular flexibility index (Phi) is 4.11. The van der Waals surface area contributed by atoms with Crippen LogP contribution >= 0.6 is 11.6 Å². The Hall–Kier alpha value is -2.25. The average Bonchev–Trinajstić information content (AvgIpc) is 2.39. The normalized spacial score (nSPS) is 11.7. The van der Waals surface area contributed by atoms with Crippen molar-refractivity contribution in [2.24, 2.45) is 0 Å². The van der Waals surface area contributed by atoms with Crippen LogP contribution in [0.4, 0.5) is 0 Å². The topological polar surface area (TPSA) is 66.6 Å². The molecule has 0 radical (unpaired) electrons. The van der Waals surface area contributed by atoms with Gasteiger partial charge in [-0.2, -0.15) is 5.26 Å². The van der Waals surface area contributed by atoms with Gasteiger partial charge < -0.3 is 0 Å². The number of halogens is 1. The zero-order valence-electron chi connectivity index (χ0n) is 11.1. The van der Waals surface area contributed by atoms with Crippen LogP contribution in [0.1, 0.15) is 33.5 Å². The minimum absolute atomic E-state index is 0.290. The Morgan fingerprint density at radius 3 is 2.45 bits per heavy atom. The number of nitrogens with zero attached hydrogens (tertiary/aromatic N) is 3. The van der Waals surface area contributed by atoms with Crippen molar-refractivity contribution in [1.29, 1.82) is 5.26 Å². The first kappa shape index (κ1) is 14.2. The molecule has 0 unspecified atom stereocenters. The van der Waals surface area contributed by atoms with E-state index in [2.05, 4.69) is 9.97 Å². The van der Waals surface area contributed by atoms with E-state index in [0.29, 0.717) is 22.1 Å². The molecule has 0 aliphatic carbocycles. The van der Waals surface area contributed by atoms with E-state index in [-0.39, 0.29) is 5.78 Å². The molecule has 0 N–H and O–H groups in total. The maximum absolute atomic E-state index is 12.4. The van der Waals surface area contributed by atoms with Crippen molar-refractivity contribution in [1.82, 2.24) is 9.97 Å². The van der Waals surface area contributed by atoms with Gasteiger partial charge in [0, 0.05) is 16.3 Å². The van der Waals surface area contributed by atoms with E-state index >= 15 is 0 Å². The fourth-order valence-electron chi connectivity index (χ4n) is 1.93. The Labute approximate surface area is 122 Å². The monoisotopic (exact) mass is 285 g/mol. The third kappa shape index (κ3) is 3.01. The molecule has 0 aliphatic rings. The average molecular weight is 286 g/mol. The highest BCUT2D eigenvalue weighted by Crippen LogP contribution is 2.20. The minimum Gasteiger partial charge on any atom is -0.292 e. The Balaban J connectivity index is 2.39. The molecule has 5 heteroatoms. The zero-order valence-corrected chi connectivity index (χ0v) is 11.8. The van der Waals surface area contributed by atoms with Gasteiger partial charge in [-0.25, -0.2) is 9.97 Å². The van der Waals surface area contributed by atoms with Gasteiger partial charge >= 0.3 is 0 Å². The van der Waals surface area contributed by atoms with Gasteiger partial charge in [0.25, 0.3) is 0 Å². The first-order valence-corrected chi connectivity index (χ1v) is 6.40. The maximum Gasteiger partial charge on any atom is 0.186 e. The van der Waals surface area contributed by atoms with E-state index < -0.39 is 5.92 Å². The summed E-state index contributed by atoms with van der Waals surface area (Å²) in [4.78, 5) is 20.7. The molecular formula is C15H12ClN3O. The summed E-state index contributed by atoms with van der Waals surface area (Å²) in [5.74, 6) is -0.678. The van der Waals surface area contributed by atoms with Crippen molar-refractivity contribution in [3.63, 3.8) is 0 Å². The van der Waals surface area contributed by atoms with E-state index in [1.807, 2.05) is 6.07 Å². The van der Waals surface area contributed by atoms with Gasteiger partial charge in [0.1, 0.15) is 5.82 Å². The van der Waals surface area contributed by atoms with E-state index in [0.717, 1.165) is 5.69 Å². The maximum atomic E-state index is 12.4. The molecule has 1 atom stereocenters. The van der Waals surface area contributed by atoms with Crippen LogP contribution in [0.3, 0.4) is 0 Å². The summed E-state index contributed by atoms with van der Waals surface area (Å²) in [5.41, 5.74) is 1.60. The molecule has 2 rings (SSSR count). The highest BCUT2D eigenvalue weighted by Gasteiger charge is 2.23. The zero-order chi connectivity index (χ0) is 14.7. The number of ketones is 1. The summed E-state index contributed by atoms with van der Waals surface area (Å²) < 4.78 is 0. The number of carbonyl (C=O) groups is 1. The third-order valence-electron chi connectivity index (χ3n) is 2.80. The number of benzene rings is 1. The standard InChI is InChI=1S/C15H12ClN3O/c1-9-7-14(19-10(2)18-9)13(8-17)15(20)11-3-5-12(16)6-4-11/h3-7,13H,1-2H3/t13-/m0/s1. The van der Waals surface area contributed by atoms with Crippen molar-refractivity contribution >= 4 is 17.4 Å². The number of aromatic nitrogens is 2. The predicted molar refractivity (Wildman–Crippen MR) is 75.6 cm³/mol. The van der Waals surface area contributed by atoms with Crippen molar-refractivity contribution in [3.05, 3.63) is 58.1 Å². The van der Waals surface area contributed by atoms with Gasteiger partial charge in [0.2, 0.25) is 0 Å². The first-order chi connectivity index (χ1) is 9.51. The molecule has 0 aliphatic heterocycles. The summed E-state index contributed by atoms with van der Waals surface area (Å²) in [6.45, 7) is 3.54. The van der Waals surface area contributed by atoms with Gasteiger partial charge in [0.15, 0.2) is 11.7 Å². The summed E-state index contributed by atoms with van der Waals surface area (Å²) in [6, 6.07) is 10.1. The lowest BCUT2D eigenvalue weighted by molar-refractivity contribution is 0.0977. The number of hydrogen-bond acceptors (Lipinski definition) is 4. The highest BCUT2D eigenvalue weighted by atomic mass is 35.5. The smallest absolute Gasteiger partial charge is 0.186 e. The Morgan fingerprint density at radius 1 is 1.25 bits per heavy atom. The van der Waals surface area contributed by atoms with Crippen LogP contribution in [0.25, 0.3) is 0 Å². The van der Waals surface area contributed by atoms with Crippen LogP contribution in [-0.2, 0) is 0 Å². The van der Waals surface area contributed by atoms with E-state index in [4.69, 9.17) is 11.6 Å². The predicted octanol–water partition coefficient (Wildman–Crippen LogP) is 3.24. The molecule has 0 saturated carbocycles. The Bertz CT molecular complexity index is 669. The first-order valence-electron chi connectivity index (χ1n) is 6.03. The van der Waals surface area contributed by atoms with E-state index in [1.165, 1.54) is 0 Å². The minimum atomic E-state index is -0.934. The summed E-state index contributed by atoms with van der Waals surface area (Å²) in [7, 11) is 0. The SMILES string of the molecule is Cc1cc([C@H](C#N)C(=O)c2ccc(Cl)cc2)nc(C)n1. The van der Waals surface area contributed by atoms with Crippen LogP contribution < -0.4 is 0 Å². The molecule has 1 aromatic heterocycles. The molecule has 2 aromatic rings. The number of aryl methyl sites for hydroxylation is 2. The van der Waals surface area contributed by atoms with Crippen LogP contribution in [0.15, 0.2) is 30.3 Å². The van der Waals surface area contributed by atoms with Gasteiger partial charge in [-0.1, -0.05) is 11.6 Å². The second-order valence-corrected chi connectivity index (χ2v) is 4.85. The largest absolute Gasteiger partial charge is 0.292 e.